The maximum Gasteiger partial charge on any atom is 0.251 e. The number of anilines is 3. The lowest BCUT2D eigenvalue weighted by molar-refractivity contribution is -0.119. The highest BCUT2D eigenvalue weighted by atomic mass is 35.5. The highest BCUT2D eigenvalue weighted by molar-refractivity contribution is 6.30. The first-order valence-electron chi connectivity index (χ1n) is 7.29. The first-order valence-corrected chi connectivity index (χ1v) is 7.67. The molecular weight excluding hydrogens is 298 g/mol. The van der Waals surface area contributed by atoms with E-state index in [2.05, 4.69) is 15.9 Å². The Kier molecular flexibility index (Phi) is 3.01. The molecule has 112 valence electrons. The van der Waals surface area contributed by atoms with Crippen LogP contribution in [0.3, 0.4) is 0 Å². The molecule has 1 fully saturated rings. The summed E-state index contributed by atoms with van der Waals surface area (Å²) in [5.74, 6) is 0.148. The number of nitrogens with zero attached hydrogens (tertiary/aromatic N) is 3. The summed E-state index contributed by atoms with van der Waals surface area (Å²) in [5, 5.41) is 0.724. The zero-order valence-electron chi connectivity index (χ0n) is 12.2. The Morgan fingerprint density at radius 2 is 1.73 bits per heavy atom. The molecule has 22 heavy (non-hydrogen) atoms. The van der Waals surface area contributed by atoms with Crippen molar-refractivity contribution in [1.82, 2.24) is 0 Å². The monoisotopic (exact) mass is 313 g/mol. The molecule has 4 rings (SSSR count). The molecule has 2 aliphatic rings. The highest BCUT2D eigenvalue weighted by Gasteiger charge is 2.42. The van der Waals surface area contributed by atoms with Gasteiger partial charge in [0.25, 0.3) is 5.91 Å². The minimum Gasteiger partial charge on any atom is -0.351 e. The van der Waals surface area contributed by atoms with E-state index in [0.717, 1.165) is 22.1 Å². The minimum absolute atomic E-state index is 0.129. The summed E-state index contributed by atoms with van der Waals surface area (Å²) in [6, 6.07) is 15.7. The zero-order valence-corrected chi connectivity index (χ0v) is 13.0. The third kappa shape index (κ3) is 1.95. The summed E-state index contributed by atoms with van der Waals surface area (Å²) >= 11 is 5.96. The molecule has 0 aliphatic carbocycles. The van der Waals surface area contributed by atoms with Gasteiger partial charge in [0.1, 0.15) is 6.04 Å². The van der Waals surface area contributed by atoms with Gasteiger partial charge in [-0.1, -0.05) is 23.7 Å². The molecule has 0 spiro atoms. The summed E-state index contributed by atoms with van der Waals surface area (Å²) in [5.41, 5.74) is 3.18. The second-order valence-corrected chi connectivity index (χ2v) is 6.15. The molecule has 1 unspecified atom stereocenters. The third-order valence-corrected chi connectivity index (χ3v) is 4.70. The van der Waals surface area contributed by atoms with Crippen molar-refractivity contribution in [2.45, 2.75) is 6.04 Å². The van der Waals surface area contributed by atoms with Crippen molar-refractivity contribution in [3.8, 4) is 0 Å². The van der Waals surface area contributed by atoms with E-state index in [0.29, 0.717) is 13.2 Å². The molecule has 2 aromatic carbocycles. The van der Waals surface area contributed by atoms with Crippen LogP contribution in [0.15, 0.2) is 48.5 Å². The summed E-state index contributed by atoms with van der Waals surface area (Å²) in [6.45, 7) is 1.40. The predicted molar refractivity (Wildman–Crippen MR) is 89.8 cm³/mol. The summed E-state index contributed by atoms with van der Waals surface area (Å²) in [7, 11) is 1.85. The number of halogens is 1. The topological polar surface area (TPSA) is 26.8 Å². The van der Waals surface area contributed by atoms with E-state index in [-0.39, 0.29) is 11.9 Å². The Balaban J connectivity index is 1.71. The Labute approximate surface area is 134 Å². The van der Waals surface area contributed by atoms with E-state index in [4.69, 9.17) is 11.6 Å². The number of carbonyl (C=O) groups is 1. The number of rotatable bonds is 1. The molecule has 0 saturated carbocycles. The molecule has 1 amide bonds. The van der Waals surface area contributed by atoms with Gasteiger partial charge in [-0.15, -0.1) is 0 Å². The van der Waals surface area contributed by atoms with Gasteiger partial charge < -0.3 is 14.7 Å². The number of likely N-dealkylation sites (N-methyl/N-ethyl adjacent to an activating group) is 1. The Morgan fingerprint density at radius 1 is 1.05 bits per heavy atom. The van der Waals surface area contributed by atoms with Crippen molar-refractivity contribution in [3.05, 3.63) is 53.6 Å². The lowest BCUT2D eigenvalue weighted by Gasteiger charge is -2.36. The van der Waals surface area contributed by atoms with Gasteiger partial charge in [0, 0.05) is 24.3 Å². The Hall–Kier alpha value is -2.20. The molecule has 0 bridgehead atoms. The van der Waals surface area contributed by atoms with Crippen molar-refractivity contribution in [1.29, 1.82) is 0 Å². The third-order valence-electron chi connectivity index (χ3n) is 4.45. The van der Waals surface area contributed by atoms with Gasteiger partial charge in [0.2, 0.25) is 0 Å². The second-order valence-electron chi connectivity index (χ2n) is 5.71. The normalized spacial score (nSPS) is 20.2. The van der Waals surface area contributed by atoms with Crippen molar-refractivity contribution in [3.63, 3.8) is 0 Å². The Morgan fingerprint density at radius 3 is 2.45 bits per heavy atom. The molecule has 5 heteroatoms. The van der Waals surface area contributed by atoms with E-state index in [9.17, 15) is 4.79 Å². The fourth-order valence-electron chi connectivity index (χ4n) is 3.27. The van der Waals surface area contributed by atoms with Crippen molar-refractivity contribution >= 4 is 34.6 Å². The zero-order chi connectivity index (χ0) is 15.3. The average Bonchev–Trinajstić information content (AvgIpc) is 2.99. The van der Waals surface area contributed by atoms with E-state index in [1.807, 2.05) is 49.5 Å². The van der Waals surface area contributed by atoms with Crippen LogP contribution in [0, 0.1) is 0 Å². The molecule has 0 N–H and O–H groups in total. The average molecular weight is 314 g/mol. The number of amides is 1. The van der Waals surface area contributed by atoms with E-state index < -0.39 is 0 Å². The molecule has 2 aromatic rings. The molecule has 4 nitrogen and oxygen atoms in total. The molecule has 1 saturated heterocycles. The molecule has 2 heterocycles. The first kappa shape index (κ1) is 13.5. The number of carbonyl (C=O) groups excluding carboxylic acids is 1. The van der Waals surface area contributed by atoms with Crippen LogP contribution in [-0.4, -0.2) is 32.2 Å². The standard InChI is InChI=1S/C17H16ClN3O/c1-19-14-4-2-3-5-15(14)21-11-20(10-16(21)17(19)22)13-8-6-12(18)7-9-13/h2-9,16H,10-11H2,1H3. The molecular formula is C17H16ClN3O. The van der Waals surface area contributed by atoms with Gasteiger partial charge >= 0.3 is 0 Å². The number of fused-ring (bicyclic) bond motifs is 3. The van der Waals surface area contributed by atoms with Crippen LogP contribution in [0.4, 0.5) is 17.1 Å². The fourth-order valence-corrected chi connectivity index (χ4v) is 3.40. The SMILES string of the molecule is CN1C(=O)C2CN(c3ccc(Cl)cc3)CN2c2ccccc21. The number of hydrogen-bond donors (Lipinski definition) is 0. The lowest BCUT2D eigenvalue weighted by Crippen LogP contribution is -2.50. The van der Waals surface area contributed by atoms with Gasteiger partial charge in [0.15, 0.2) is 0 Å². The Bertz CT molecular complexity index is 731. The summed E-state index contributed by atoms with van der Waals surface area (Å²) < 4.78 is 0. The van der Waals surface area contributed by atoms with E-state index in [1.54, 1.807) is 4.90 Å². The van der Waals surface area contributed by atoms with Gasteiger partial charge in [-0.05, 0) is 36.4 Å². The van der Waals surface area contributed by atoms with Crippen molar-refractivity contribution < 1.29 is 4.79 Å². The molecule has 0 aromatic heterocycles. The van der Waals surface area contributed by atoms with Crippen LogP contribution in [0.1, 0.15) is 0 Å². The largest absolute Gasteiger partial charge is 0.351 e. The van der Waals surface area contributed by atoms with Crippen LogP contribution < -0.4 is 14.7 Å². The van der Waals surface area contributed by atoms with E-state index >= 15 is 0 Å². The number of para-hydroxylation sites is 2. The summed E-state index contributed by atoms with van der Waals surface area (Å²) in [4.78, 5) is 18.8. The van der Waals surface area contributed by atoms with Gasteiger partial charge in [-0.3, -0.25) is 4.79 Å². The van der Waals surface area contributed by atoms with Crippen LogP contribution in [0.2, 0.25) is 5.02 Å². The maximum atomic E-state index is 12.6. The van der Waals surface area contributed by atoms with Gasteiger partial charge in [0.05, 0.1) is 18.0 Å². The van der Waals surface area contributed by atoms with Crippen molar-refractivity contribution in [2.75, 3.05) is 35.0 Å². The highest BCUT2D eigenvalue weighted by Crippen LogP contribution is 2.38. The number of hydrogen-bond acceptors (Lipinski definition) is 3. The summed E-state index contributed by atoms with van der Waals surface area (Å²) in [6.07, 6.45) is 0. The quantitative estimate of drug-likeness (QED) is 0.810. The fraction of sp³-hybridized carbons (Fsp3) is 0.235. The molecule has 1 atom stereocenters. The smallest absolute Gasteiger partial charge is 0.251 e. The maximum absolute atomic E-state index is 12.6. The van der Waals surface area contributed by atoms with Crippen LogP contribution in [0.5, 0.6) is 0 Å². The van der Waals surface area contributed by atoms with Crippen LogP contribution in [0.25, 0.3) is 0 Å². The van der Waals surface area contributed by atoms with Gasteiger partial charge in [-0.2, -0.15) is 0 Å². The van der Waals surface area contributed by atoms with Gasteiger partial charge in [-0.25, -0.2) is 0 Å². The second kappa shape index (κ2) is 4.92. The van der Waals surface area contributed by atoms with Crippen LogP contribution >= 0.6 is 11.6 Å². The molecule has 0 radical (unpaired) electrons. The number of benzene rings is 2. The first-order chi connectivity index (χ1) is 10.6. The predicted octanol–water partition coefficient (Wildman–Crippen LogP) is 2.97. The van der Waals surface area contributed by atoms with Crippen LogP contribution in [-0.2, 0) is 4.79 Å². The lowest BCUT2D eigenvalue weighted by atomic mass is 10.1. The minimum atomic E-state index is -0.129. The van der Waals surface area contributed by atoms with E-state index in [1.165, 1.54) is 0 Å². The molecule has 2 aliphatic heterocycles. The van der Waals surface area contributed by atoms with Crippen molar-refractivity contribution in [2.24, 2.45) is 0 Å².